The van der Waals surface area contributed by atoms with Crippen LogP contribution < -0.4 is 16.0 Å². The van der Waals surface area contributed by atoms with Gasteiger partial charge in [-0.15, -0.1) is 0 Å². The van der Waals surface area contributed by atoms with Crippen LogP contribution in [0.2, 0.25) is 5.02 Å². The Morgan fingerprint density at radius 1 is 1.42 bits per heavy atom. The summed E-state index contributed by atoms with van der Waals surface area (Å²) < 4.78 is 6.17. The molecule has 0 saturated carbocycles. The van der Waals surface area contributed by atoms with Crippen molar-refractivity contribution in [3.8, 4) is 5.75 Å². The molecule has 1 atom stereocenters. The molecule has 0 aliphatic carbocycles. The van der Waals surface area contributed by atoms with Gasteiger partial charge in [-0.25, -0.2) is 5.43 Å². The van der Waals surface area contributed by atoms with Crippen molar-refractivity contribution < 1.29 is 4.74 Å². The summed E-state index contributed by atoms with van der Waals surface area (Å²) in [5, 5.41) is 0.652. The third-order valence-electron chi connectivity index (χ3n) is 2.73. The maximum absolute atomic E-state index is 5.95. The van der Waals surface area contributed by atoms with Gasteiger partial charge in [0.05, 0.1) is 13.2 Å². The number of rotatable bonds is 4. The zero-order valence-electron chi connectivity index (χ0n) is 10.2. The highest BCUT2D eigenvalue weighted by atomic mass is 79.9. The first-order valence-electron chi connectivity index (χ1n) is 5.57. The third kappa shape index (κ3) is 3.06. The van der Waals surface area contributed by atoms with Crippen LogP contribution in [0.4, 0.5) is 0 Å². The standard InChI is InChI=1S/C13H13BrClN3O/c1-19-11-3-2-6-17-13(11)12(18-16)9-5-4-8(15)7-10(9)14/h2-7,12,18H,16H2,1H3. The lowest BCUT2D eigenvalue weighted by Gasteiger charge is -2.19. The quantitative estimate of drug-likeness (QED) is 0.662. The van der Waals surface area contributed by atoms with E-state index < -0.39 is 0 Å². The van der Waals surface area contributed by atoms with Crippen LogP contribution in [0.15, 0.2) is 41.0 Å². The molecule has 0 bridgehead atoms. The molecule has 1 heterocycles. The number of methoxy groups -OCH3 is 1. The molecule has 0 fully saturated rings. The molecule has 0 aliphatic rings. The van der Waals surface area contributed by atoms with Crippen molar-refractivity contribution in [2.45, 2.75) is 6.04 Å². The second-order valence-electron chi connectivity index (χ2n) is 3.86. The Bertz CT molecular complexity index is 580. The minimum atomic E-state index is -0.289. The highest BCUT2D eigenvalue weighted by Crippen LogP contribution is 2.33. The molecule has 0 saturated heterocycles. The van der Waals surface area contributed by atoms with E-state index in [4.69, 9.17) is 22.2 Å². The van der Waals surface area contributed by atoms with Crippen molar-refractivity contribution in [2.75, 3.05) is 7.11 Å². The number of nitrogens with one attached hydrogen (secondary N) is 1. The first kappa shape index (κ1) is 14.3. The maximum atomic E-state index is 5.95. The van der Waals surface area contributed by atoms with Gasteiger partial charge in [-0.1, -0.05) is 33.6 Å². The molecule has 100 valence electrons. The number of hydrogen-bond acceptors (Lipinski definition) is 4. The number of benzene rings is 1. The van der Waals surface area contributed by atoms with Gasteiger partial charge in [0, 0.05) is 15.7 Å². The number of nitrogens with zero attached hydrogens (tertiary/aromatic N) is 1. The fraction of sp³-hybridized carbons (Fsp3) is 0.154. The SMILES string of the molecule is COc1cccnc1C(NN)c1ccc(Cl)cc1Br. The van der Waals surface area contributed by atoms with E-state index in [2.05, 4.69) is 26.3 Å². The molecule has 3 N–H and O–H groups in total. The van der Waals surface area contributed by atoms with E-state index in [1.807, 2.05) is 24.3 Å². The average molecular weight is 343 g/mol. The summed E-state index contributed by atoms with van der Waals surface area (Å²) in [7, 11) is 1.60. The van der Waals surface area contributed by atoms with Gasteiger partial charge in [-0.3, -0.25) is 10.8 Å². The van der Waals surface area contributed by atoms with Crippen LogP contribution in [0.1, 0.15) is 17.3 Å². The maximum Gasteiger partial charge on any atom is 0.142 e. The van der Waals surface area contributed by atoms with E-state index in [0.717, 1.165) is 15.7 Å². The molecule has 4 nitrogen and oxygen atoms in total. The topological polar surface area (TPSA) is 60.2 Å². The molecule has 1 aromatic carbocycles. The molecule has 2 rings (SSSR count). The fourth-order valence-corrected chi connectivity index (χ4v) is 2.76. The van der Waals surface area contributed by atoms with Crippen LogP contribution in [-0.2, 0) is 0 Å². The van der Waals surface area contributed by atoms with Gasteiger partial charge < -0.3 is 4.74 Å². The normalized spacial score (nSPS) is 12.2. The summed E-state index contributed by atoms with van der Waals surface area (Å²) in [6, 6.07) is 8.88. The van der Waals surface area contributed by atoms with Crippen LogP contribution in [0.3, 0.4) is 0 Å². The number of aromatic nitrogens is 1. The number of ether oxygens (including phenoxy) is 1. The van der Waals surface area contributed by atoms with E-state index in [-0.39, 0.29) is 6.04 Å². The molecule has 1 aromatic heterocycles. The lowest BCUT2D eigenvalue weighted by atomic mass is 10.0. The smallest absolute Gasteiger partial charge is 0.142 e. The fourth-order valence-electron chi connectivity index (χ4n) is 1.84. The van der Waals surface area contributed by atoms with Gasteiger partial charge in [0.25, 0.3) is 0 Å². The molecule has 2 aromatic rings. The van der Waals surface area contributed by atoms with E-state index >= 15 is 0 Å². The van der Waals surface area contributed by atoms with Gasteiger partial charge in [0.1, 0.15) is 11.4 Å². The number of hydrogen-bond donors (Lipinski definition) is 2. The number of halogens is 2. The zero-order chi connectivity index (χ0) is 13.8. The molecule has 0 amide bonds. The number of hydrazine groups is 1. The Morgan fingerprint density at radius 2 is 2.21 bits per heavy atom. The Balaban J connectivity index is 2.50. The zero-order valence-corrected chi connectivity index (χ0v) is 12.6. The second kappa shape index (κ2) is 6.34. The monoisotopic (exact) mass is 341 g/mol. The lowest BCUT2D eigenvalue weighted by Crippen LogP contribution is -2.30. The van der Waals surface area contributed by atoms with E-state index in [0.29, 0.717) is 10.8 Å². The summed E-state index contributed by atoms with van der Waals surface area (Å²) in [5.74, 6) is 6.34. The van der Waals surface area contributed by atoms with E-state index in [1.54, 1.807) is 19.4 Å². The van der Waals surface area contributed by atoms with Crippen molar-refractivity contribution in [2.24, 2.45) is 5.84 Å². The summed E-state index contributed by atoms with van der Waals surface area (Å²) >= 11 is 9.43. The van der Waals surface area contributed by atoms with Crippen molar-refractivity contribution in [3.63, 3.8) is 0 Å². The van der Waals surface area contributed by atoms with Crippen LogP contribution in [0.25, 0.3) is 0 Å². The van der Waals surface area contributed by atoms with Crippen LogP contribution in [0, 0.1) is 0 Å². The van der Waals surface area contributed by atoms with Gasteiger partial charge in [-0.2, -0.15) is 0 Å². The van der Waals surface area contributed by atoms with Crippen molar-refractivity contribution >= 4 is 27.5 Å². The Kier molecular flexibility index (Phi) is 4.76. The predicted molar refractivity (Wildman–Crippen MR) is 79.1 cm³/mol. The number of pyridine rings is 1. The van der Waals surface area contributed by atoms with Crippen LogP contribution in [0.5, 0.6) is 5.75 Å². The summed E-state index contributed by atoms with van der Waals surface area (Å²) in [5.41, 5.74) is 4.41. The second-order valence-corrected chi connectivity index (χ2v) is 5.15. The minimum Gasteiger partial charge on any atom is -0.495 e. The molecule has 0 spiro atoms. The Hall–Kier alpha value is -1.14. The molecular weight excluding hydrogens is 330 g/mol. The number of nitrogens with two attached hydrogens (primary N) is 1. The van der Waals surface area contributed by atoms with Crippen molar-refractivity contribution in [3.05, 3.63) is 57.3 Å². The highest BCUT2D eigenvalue weighted by Gasteiger charge is 2.20. The molecule has 0 aliphatic heterocycles. The van der Waals surface area contributed by atoms with Gasteiger partial charge in [-0.05, 0) is 29.8 Å². The van der Waals surface area contributed by atoms with Gasteiger partial charge in [0.2, 0.25) is 0 Å². The highest BCUT2D eigenvalue weighted by molar-refractivity contribution is 9.10. The molecule has 0 radical (unpaired) electrons. The summed E-state index contributed by atoms with van der Waals surface area (Å²) in [6.07, 6.45) is 1.70. The van der Waals surface area contributed by atoms with Gasteiger partial charge >= 0.3 is 0 Å². The summed E-state index contributed by atoms with van der Waals surface area (Å²) in [6.45, 7) is 0. The van der Waals surface area contributed by atoms with Crippen molar-refractivity contribution in [1.29, 1.82) is 0 Å². The Morgan fingerprint density at radius 3 is 2.84 bits per heavy atom. The third-order valence-corrected chi connectivity index (χ3v) is 3.66. The first-order chi connectivity index (χ1) is 9.17. The average Bonchev–Trinajstić information content (AvgIpc) is 2.42. The van der Waals surface area contributed by atoms with Gasteiger partial charge in [0.15, 0.2) is 0 Å². The molecule has 1 unspecified atom stereocenters. The molecular formula is C13H13BrClN3O. The molecule has 19 heavy (non-hydrogen) atoms. The predicted octanol–water partition coefficient (Wildman–Crippen LogP) is 3.06. The minimum absolute atomic E-state index is 0.289. The first-order valence-corrected chi connectivity index (χ1v) is 6.74. The largest absolute Gasteiger partial charge is 0.495 e. The Labute approximate surface area is 125 Å². The van der Waals surface area contributed by atoms with Crippen molar-refractivity contribution in [1.82, 2.24) is 10.4 Å². The van der Waals surface area contributed by atoms with E-state index in [1.165, 1.54) is 0 Å². The lowest BCUT2D eigenvalue weighted by molar-refractivity contribution is 0.400. The molecule has 6 heteroatoms. The van der Waals surface area contributed by atoms with E-state index in [9.17, 15) is 0 Å². The summed E-state index contributed by atoms with van der Waals surface area (Å²) in [4.78, 5) is 4.34. The van der Waals surface area contributed by atoms with Crippen LogP contribution >= 0.6 is 27.5 Å². The van der Waals surface area contributed by atoms with Crippen LogP contribution in [-0.4, -0.2) is 12.1 Å².